The van der Waals surface area contributed by atoms with Gasteiger partial charge in [0.1, 0.15) is 6.54 Å². The normalized spacial score (nSPS) is 14.7. The predicted molar refractivity (Wildman–Crippen MR) is 101 cm³/mol. The maximum absolute atomic E-state index is 12.5. The largest absolute Gasteiger partial charge is 0.493 e. The van der Waals surface area contributed by atoms with Crippen molar-refractivity contribution in [3.8, 4) is 17.2 Å². The molecule has 1 saturated heterocycles. The molecule has 2 aromatic rings. The van der Waals surface area contributed by atoms with E-state index in [4.69, 9.17) is 14.2 Å². The quantitative estimate of drug-likeness (QED) is 0.807. The maximum Gasteiger partial charge on any atom is 0.254 e. The van der Waals surface area contributed by atoms with Crippen LogP contribution in [0.2, 0.25) is 0 Å². The number of hydrogen-bond donors (Lipinski definition) is 1. The van der Waals surface area contributed by atoms with E-state index in [1.165, 1.54) is 4.90 Å². The van der Waals surface area contributed by atoms with Crippen LogP contribution >= 0.6 is 0 Å². The smallest absolute Gasteiger partial charge is 0.254 e. The van der Waals surface area contributed by atoms with Crippen LogP contribution in [0.1, 0.15) is 15.9 Å². The Kier molecular flexibility index (Phi) is 6.13. The molecule has 1 aliphatic heterocycles. The van der Waals surface area contributed by atoms with Crippen molar-refractivity contribution in [2.24, 2.45) is 0 Å². The van der Waals surface area contributed by atoms with E-state index in [0.717, 1.165) is 38.3 Å². The Morgan fingerprint density at radius 2 is 1.63 bits per heavy atom. The number of quaternary nitrogens is 1. The molecule has 0 radical (unpaired) electrons. The summed E-state index contributed by atoms with van der Waals surface area (Å²) in [5, 5.41) is 0. The van der Waals surface area contributed by atoms with Gasteiger partial charge in [-0.25, -0.2) is 0 Å². The number of piperazine rings is 1. The fraction of sp³-hybridized carbons (Fsp3) is 0.400. The average molecular weight is 372 g/mol. The lowest BCUT2D eigenvalue weighted by atomic mass is 10.1. The van der Waals surface area contributed by atoms with Gasteiger partial charge in [0.05, 0.1) is 47.5 Å². The molecule has 0 unspecified atom stereocenters. The third-order valence-corrected chi connectivity index (χ3v) is 4.86. The highest BCUT2D eigenvalue weighted by Crippen LogP contribution is 2.37. The molecule has 144 valence electrons. The lowest BCUT2D eigenvalue weighted by molar-refractivity contribution is -0.917. The molecule has 7 nitrogen and oxygen atoms in total. The number of nitrogens with one attached hydrogen (secondary N) is 1. The Labute approximate surface area is 159 Å². The van der Waals surface area contributed by atoms with Crippen LogP contribution < -0.4 is 19.1 Å². The first-order chi connectivity index (χ1) is 13.2. The molecule has 0 spiro atoms. The molecule has 27 heavy (non-hydrogen) atoms. The minimum atomic E-state index is 0.0734. The van der Waals surface area contributed by atoms with E-state index < -0.39 is 0 Å². The summed E-state index contributed by atoms with van der Waals surface area (Å²) in [4.78, 5) is 19.8. The summed E-state index contributed by atoms with van der Waals surface area (Å²) in [5.41, 5.74) is 1.81. The van der Waals surface area contributed by atoms with Gasteiger partial charge in [-0.15, -0.1) is 0 Å². The summed E-state index contributed by atoms with van der Waals surface area (Å²) in [6.45, 7) is 4.11. The third kappa shape index (κ3) is 4.31. The summed E-state index contributed by atoms with van der Waals surface area (Å²) in [7, 11) is 4.85. The molecule has 0 bridgehead atoms. The summed E-state index contributed by atoms with van der Waals surface area (Å²) in [6.07, 6.45) is 3.30. The van der Waals surface area contributed by atoms with E-state index in [1.54, 1.807) is 45.9 Å². The number of aromatic nitrogens is 1. The molecule has 0 saturated carbocycles. The van der Waals surface area contributed by atoms with E-state index in [2.05, 4.69) is 4.98 Å². The Morgan fingerprint density at radius 3 is 2.15 bits per heavy atom. The first-order valence-electron chi connectivity index (χ1n) is 8.98. The van der Waals surface area contributed by atoms with E-state index in [1.807, 2.05) is 17.0 Å². The van der Waals surface area contributed by atoms with Crippen molar-refractivity contribution in [3.05, 3.63) is 47.8 Å². The number of methoxy groups -OCH3 is 3. The molecule has 1 aliphatic rings. The molecule has 1 aromatic carbocycles. The highest BCUT2D eigenvalue weighted by Gasteiger charge is 2.25. The highest BCUT2D eigenvalue weighted by atomic mass is 16.5. The standard InChI is InChI=1S/C20H25N3O4/c1-25-17-12-15(13-18(26-2)19(17)27-3)14-22-8-10-23(11-9-22)20(24)16-4-6-21-7-5-16/h4-7,12-13H,8-11,14H2,1-3H3/p+1. The molecule has 1 amide bonds. The molecule has 7 heteroatoms. The van der Waals surface area contributed by atoms with Gasteiger partial charge in [-0.1, -0.05) is 0 Å². The first kappa shape index (κ1) is 19.0. The number of carbonyl (C=O) groups excluding carboxylic acids is 1. The van der Waals surface area contributed by atoms with Crippen molar-refractivity contribution in [1.29, 1.82) is 0 Å². The van der Waals surface area contributed by atoms with Gasteiger partial charge >= 0.3 is 0 Å². The van der Waals surface area contributed by atoms with Crippen molar-refractivity contribution < 1.29 is 23.9 Å². The lowest BCUT2D eigenvalue weighted by Gasteiger charge is -2.32. The van der Waals surface area contributed by atoms with Gasteiger partial charge in [0.2, 0.25) is 5.75 Å². The van der Waals surface area contributed by atoms with E-state index >= 15 is 0 Å². The number of pyridine rings is 1. The van der Waals surface area contributed by atoms with E-state index in [9.17, 15) is 4.79 Å². The van der Waals surface area contributed by atoms with Crippen molar-refractivity contribution in [1.82, 2.24) is 9.88 Å². The van der Waals surface area contributed by atoms with Gasteiger partial charge in [0, 0.05) is 23.5 Å². The van der Waals surface area contributed by atoms with Gasteiger partial charge in [0.15, 0.2) is 11.5 Å². The second kappa shape index (κ2) is 8.73. The molecule has 0 atom stereocenters. The molecular weight excluding hydrogens is 346 g/mol. The minimum absolute atomic E-state index is 0.0734. The van der Waals surface area contributed by atoms with Crippen LogP contribution in [0.5, 0.6) is 17.2 Å². The lowest BCUT2D eigenvalue weighted by Crippen LogP contribution is -3.13. The van der Waals surface area contributed by atoms with Crippen molar-refractivity contribution >= 4 is 5.91 Å². The van der Waals surface area contributed by atoms with Crippen LogP contribution in [-0.4, -0.2) is 63.3 Å². The Bertz CT molecular complexity index is 749. The molecular formula is C20H26N3O4+. The fourth-order valence-corrected chi connectivity index (χ4v) is 3.41. The Morgan fingerprint density at radius 1 is 1.04 bits per heavy atom. The summed E-state index contributed by atoms with van der Waals surface area (Å²) < 4.78 is 16.2. The van der Waals surface area contributed by atoms with E-state index in [0.29, 0.717) is 22.8 Å². The molecule has 1 aromatic heterocycles. The highest BCUT2D eigenvalue weighted by molar-refractivity contribution is 5.94. The summed E-state index contributed by atoms with van der Waals surface area (Å²) >= 11 is 0. The Hall–Kier alpha value is -2.80. The number of amides is 1. The van der Waals surface area contributed by atoms with Crippen LogP contribution in [-0.2, 0) is 6.54 Å². The zero-order chi connectivity index (χ0) is 19.2. The van der Waals surface area contributed by atoms with Crippen LogP contribution in [0.3, 0.4) is 0 Å². The Balaban J connectivity index is 1.63. The van der Waals surface area contributed by atoms with Gasteiger partial charge in [-0.3, -0.25) is 9.78 Å². The molecule has 0 aliphatic carbocycles. The van der Waals surface area contributed by atoms with Gasteiger partial charge in [0.25, 0.3) is 5.91 Å². The molecule has 3 rings (SSSR count). The second-order valence-electron chi connectivity index (χ2n) is 6.49. The number of hydrogen-bond acceptors (Lipinski definition) is 5. The third-order valence-electron chi connectivity index (χ3n) is 4.86. The number of benzene rings is 1. The number of nitrogens with zero attached hydrogens (tertiary/aromatic N) is 2. The van der Waals surface area contributed by atoms with Crippen molar-refractivity contribution in [3.63, 3.8) is 0 Å². The predicted octanol–water partition coefficient (Wildman–Crippen LogP) is 0.648. The SMILES string of the molecule is COc1cc(C[NH+]2CCN(C(=O)c3ccncc3)CC2)cc(OC)c1OC. The number of ether oxygens (including phenoxy) is 3. The van der Waals surface area contributed by atoms with Crippen LogP contribution in [0.4, 0.5) is 0 Å². The molecule has 1 fully saturated rings. The monoisotopic (exact) mass is 372 g/mol. The van der Waals surface area contributed by atoms with Crippen LogP contribution in [0.25, 0.3) is 0 Å². The topological polar surface area (TPSA) is 65.3 Å². The number of carbonyl (C=O) groups is 1. The van der Waals surface area contributed by atoms with Crippen molar-refractivity contribution in [2.75, 3.05) is 47.5 Å². The average Bonchev–Trinajstić information content (AvgIpc) is 2.73. The van der Waals surface area contributed by atoms with Gasteiger partial charge in [-0.2, -0.15) is 0 Å². The van der Waals surface area contributed by atoms with Gasteiger partial charge < -0.3 is 24.0 Å². The zero-order valence-electron chi connectivity index (χ0n) is 16.0. The zero-order valence-corrected chi connectivity index (χ0v) is 16.0. The van der Waals surface area contributed by atoms with Gasteiger partial charge in [-0.05, 0) is 24.3 Å². The summed E-state index contributed by atoms with van der Waals surface area (Å²) in [5.74, 6) is 2.01. The van der Waals surface area contributed by atoms with E-state index in [-0.39, 0.29) is 5.91 Å². The molecule has 1 N–H and O–H groups in total. The van der Waals surface area contributed by atoms with Crippen molar-refractivity contribution in [2.45, 2.75) is 6.54 Å². The fourth-order valence-electron chi connectivity index (χ4n) is 3.41. The first-order valence-corrected chi connectivity index (χ1v) is 8.98. The maximum atomic E-state index is 12.5. The van der Waals surface area contributed by atoms with Crippen LogP contribution in [0.15, 0.2) is 36.7 Å². The van der Waals surface area contributed by atoms with Crippen LogP contribution in [0, 0.1) is 0 Å². The minimum Gasteiger partial charge on any atom is -0.493 e. The second-order valence-corrected chi connectivity index (χ2v) is 6.49. The summed E-state index contributed by atoms with van der Waals surface area (Å²) in [6, 6.07) is 7.50. The molecule has 2 heterocycles. The number of rotatable bonds is 6.